The molecule has 1 aromatic rings. The molecule has 0 unspecified atom stereocenters. The Balaban J connectivity index is 2.10. The van der Waals surface area contributed by atoms with Gasteiger partial charge in [-0.2, -0.15) is 12.7 Å². The number of nitrogens with one attached hydrogen (secondary N) is 1. The SMILES string of the molecule is CCCNS(=O)(=O)N(Cc1ccc(N)cc1)C1CC1. The fraction of sp³-hybridized carbons (Fsp3) is 0.538. The normalized spacial score (nSPS) is 15.9. The minimum absolute atomic E-state index is 0.145. The van der Waals surface area contributed by atoms with Crippen molar-refractivity contribution in [3.63, 3.8) is 0 Å². The summed E-state index contributed by atoms with van der Waals surface area (Å²) in [5, 5.41) is 0. The van der Waals surface area contributed by atoms with Crippen molar-refractivity contribution in [2.24, 2.45) is 0 Å². The Morgan fingerprint density at radius 3 is 2.47 bits per heavy atom. The summed E-state index contributed by atoms with van der Waals surface area (Å²) < 4.78 is 28.7. The minimum Gasteiger partial charge on any atom is -0.399 e. The van der Waals surface area contributed by atoms with Gasteiger partial charge in [0.2, 0.25) is 0 Å². The molecule has 3 N–H and O–H groups in total. The number of benzene rings is 1. The smallest absolute Gasteiger partial charge is 0.280 e. The van der Waals surface area contributed by atoms with Gasteiger partial charge in [-0.05, 0) is 37.0 Å². The Morgan fingerprint density at radius 1 is 1.32 bits per heavy atom. The number of hydrogen-bond acceptors (Lipinski definition) is 3. The Kier molecular flexibility index (Phi) is 4.44. The highest BCUT2D eigenvalue weighted by Gasteiger charge is 2.36. The van der Waals surface area contributed by atoms with E-state index < -0.39 is 10.2 Å². The van der Waals surface area contributed by atoms with E-state index in [2.05, 4.69) is 4.72 Å². The largest absolute Gasteiger partial charge is 0.399 e. The third-order valence-corrected chi connectivity index (χ3v) is 4.73. The number of anilines is 1. The molecule has 0 spiro atoms. The Hall–Kier alpha value is -1.11. The van der Waals surface area contributed by atoms with E-state index in [1.165, 1.54) is 0 Å². The second-order valence-electron chi connectivity index (χ2n) is 4.92. The quantitative estimate of drug-likeness (QED) is 0.744. The first-order valence-electron chi connectivity index (χ1n) is 6.64. The first-order valence-corrected chi connectivity index (χ1v) is 8.08. The molecular formula is C13H21N3O2S. The summed E-state index contributed by atoms with van der Waals surface area (Å²) in [5.41, 5.74) is 7.29. The van der Waals surface area contributed by atoms with Gasteiger partial charge in [-0.25, -0.2) is 4.72 Å². The summed E-state index contributed by atoms with van der Waals surface area (Å²) in [4.78, 5) is 0. The van der Waals surface area contributed by atoms with E-state index in [9.17, 15) is 8.42 Å². The molecule has 1 aliphatic rings. The molecule has 6 heteroatoms. The van der Waals surface area contributed by atoms with E-state index in [4.69, 9.17) is 5.73 Å². The molecule has 0 atom stereocenters. The van der Waals surface area contributed by atoms with Crippen LogP contribution in [0.4, 0.5) is 5.69 Å². The second-order valence-corrected chi connectivity index (χ2v) is 6.63. The van der Waals surface area contributed by atoms with Gasteiger partial charge in [0, 0.05) is 24.8 Å². The molecule has 0 aliphatic heterocycles. The van der Waals surface area contributed by atoms with E-state index in [1.54, 1.807) is 16.4 Å². The zero-order chi connectivity index (χ0) is 13.9. The van der Waals surface area contributed by atoms with Crippen LogP contribution in [0, 0.1) is 0 Å². The van der Waals surface area contributed by atoms with E-state index in [1.807, 2.05) is 19.1 Å². The van der Waals surface area contributed by atoms with Crippen LogP contribution in [0.3, 0.4) is 0 Å². The number of nitrogens with two attached hydrogens (primary N) is 1. The van der Waals surface area contributed by atoms with Crippen molar-refractivity contribution in [3.8, 4) is 0 Å². The van der Waals surface area contributed by atoms with Gasteiger partial charge in [-0.1, -0.05) is 19.1 Å². The Bertz CT molecular complexity index is 509. The van der Waals surface area contributed by atoms with Crippen molar-refractivity contribution in [3.05, 3.63) is 29.8 Å². The van der Waals surface area contributed by atoms with Gasteiger partial charge in [0.05, 0.1) is 0 Å². The molecule has 0 amide bonds. The number of rotatable bonds is 7. The van der Waals surface area contributed by atoms with Gasteiger partial charge in [-0.15, -0.1) is 0 Å². The lowest BCUT2D eigenvalue weighted by Gasteiger charge is -2.22. The van der Waals surface area contributed by atoms with Crippen LogP contribution in [0.2, 0.25) is 0 Å². The maximum absolute atomic E-state index is 12.2. The Labute approximate surface area is 115 Å². The molecule has 106 valence electrons. The molecule has 5 nitrogen and oxygen atoms in total. The van der Waals surface area contributed by atoms with Crippen LogP contribution in [0.5, 0.6) is 0 Å². The lowest BCUT2D eigenvalue weighted by Crippen LogP contribution is -2.41. The van der Waals surface area contributed by atoms with Gasteiger partial charge in [0.1, 0.15) is 0 Å². The fourth-order valence-electron chi connectivity index (χ4n) is 1.89. The van der Waals surface area contributed by atoms with Gasteiger partial charge in [0.25, 0.3) is 10.2 Å². The average molecular weight is 283 g/mol. The third-order valence-electron chi connectivity index (χ3n) is 3.12. The van der Waals surface area contributed by atoms with Crippen molar-refractivity contribution in [2.45, 2.75) is 38.8 Å². The highest BCUT2D eigenvalue weighted by molar-refractivity contribution is 7.87. The van der Waals surface area contributed by atoms with Crippen LogP contribution in [0.1, 0.15) is 31.7 Å². The van der Waals surface area contributed by atoms with Gasteiger partial charge < -0.3 is 5.73 Å². The van der Waals surface area contributed by atoms with Crippen LogP contribution < -0.4 is 10.5 Å². The lowest BCUT2D eigenvalue weighted by atomic mass is 10.2. The summed E-state index contributed by atoms with van der Waals surface area (Å²) in [7, 11) is -3.38. The maximum Gasteiger partial charge on any atom is 0.280 e. The van der Waals surface area contributed by atoms with Crippen molar-refractivity contribution in [2.75, 3.05) is 12.3 Å². The molecule has 1 saturated carbocycles. The van der Waals surface area contributed by atoms with Gasteiger partial charge in [-0.3, -0.25) is 0 Å². The highest BCUT2D eigenvalue weighted by Crippen LogP contribution is 2.30. The molecule has 0 bridgehead atoms. The topological polar surface area (TPSA) is 75.4 Å². The number of nitrogens with zero attached hydrogens (tertiary/aromatic N) is 1. The summed E-state index contributed by atoms with van der Waals surface area (Å²) >= 11 is 0. The first-order chi connectivity index (χ1) is 9.03. The highest BCUT2D eigenvalue weighted by atomic mass is 32.2. The molecule has 2 rings (SSSR count). The van der Waals surface area contributed by atoms with E-state index >= 15 is 0 Å². The standard InChI is InChI=1S/C13H21N3O2S/c1-2-9-15-19(17,18)16(13-7-8-13)10-11-3-5-12(14)6-4-11/h3-6,13,15H,2,7-10,14H2,1H3. The summed E-state index contributed by atoms with van der Waals surface area (Å²) in [6.45, 7) is 2.83. The van der Waals surface area contributed by atoms with Gasteiger partial charge in [0.15, 0.2) is 0 Å². The van der Waals surface area contributed by atoms with E-state index in [0.29, 0.717) is 18.8 Å². The Morgan fingerprint density at radius 2 is 1.95 bits per heavy atom. The van der Waals surface area contributed by atoms with Crippen LogP contribution in [0.25, 0.3) is 0 Å². The van der Waals surface area contributed by atoms with E-state index in [0.717, 1.165) is 24.8 Å². The third kappa shape index (κ3) is 3.92. The van der Waals surface area contributed by atoms with Crippen LogP contribution >= 0.6 is 0 Å². The molecule has 0 aromatic heterocycles. The summed E-state index contributed by atoms with van der Waals surface area (Å²) in [5.74, 6) is 0. The zero-order valence-corrected chi connectivity index (χ0v) is 12.0. The van der Waals surface area contributed by atoms with Crippen molar-refractivity contribution < 1.29 is 8.42 Å². The van der Waals surface area contributed by atoms with E-state index in [-0.39, 0.29) is 6.04 Å². The predicted octanol–water partition coefficient (Wildman–Crippen LogP) is 1.48. The summed E-state index contributed by atoms with van der Waals surface area (Å²) in [6.07, 6.45) is 2.68. The molecule has 1 aromatic carbocycles. The minimum atomic E-state index is -3.38. The summed E-state index contributed by atoms with van der Waals surface area (Å²) in [6, 6.07) is 7.49. The van der Waals surface area contributed by atoms with Crippen LogP contribution in [-0.2, 0) is 16.8 Å². The molecular weight excluding hydrogens is 262 g/mol. The molecule has 19 heavy (non-hydrogen) atoms. The van der Waals surface area contributed by atoms with Crippen molar-refractivity contribution >= 4 is 15.9 Å². The number of hydrogen-bond donors (Lipinski definition) is 2. The molecule has 1 aliphatic carbocycles. The fourth-order valence-corrected chi connectivity index (χ4v) is 3.44. The molecule has 0 saturated heterocycles. The molecule has 0 radical (unpaired) electrons. The molecule has 0 heterocycles. The average Bonchev–Trinajstić information content (AvgIpc) is 3.20. The monoisotopic (exact) mass is 283 g/mol. The maximum atomic E-state index is 12.2. The lowest BCUT2D eigenvalue weighted by molar-refractivity contribution is 0.390. The van der Waals surface area contributed by atoms with Crippen LogP contribution in [0.15, 0.2) is 24.3 Å². The van der Waals surface area contributed by atoms with Crippen molar-refractivity contribution in [1.29, 1.82) is 0 Å². The molecule has 1 fully saturated rings. The zero-order valence-electron chi connectivity index (χ0n) is 11.2. The first kappa shape index (κ1) is 14.3. The number of nitrogen functional groups attached to an aromatic ring is 1. The van der Waals surface area contributed by atoms with Crippen LogP contribution in [-0.4, -0.2) is 25.3 Å². The van der Waals surface area contributed by atoms with Gasteiger partial charge >= 0.3 is 0 Å². The predicted molar refractivity (Wildman–Crippen MR) is 76.6 cm³/mol. The second kappa shape index (κ2) is 5.90. The van der Waals surface area contributed by atoms with Crippen molar-refractivity contribution in [1.82, 2.24) is 9.03 Å².